The summed E-state index contributed by atoms with van der Waals surface area (Å²) in [7, 11) is -3.02. The van der Waals surface area contributed by atoms with Crippen LogP contribution in [0.4, 0.5) is 22.4 Å². The van der Waals surface area contributed by atoms with Crippen LogP contribution < -0.4 is 10.1 Å². The highest BCUT2D eigenvalue weighted by atomic mass is 32.2. The van der Waals surface area contributed by atoms with Crippen molar-refractivity contribution in [3.8, 4) is 16.9 Å². The summed E-state index contributed by atoms with van der Waals surface area (Å²) in [6.45, 7) is 0. The van der Waals surface area contributed by atoms with E-state index in [0.717, 1.165) is 42.4 Å². The molecule has 36 heavy (non-hydrogen) atoms. The summed E-state index contributed by atoms with van der Waals surface area (Å²) in [5, 5.41) is 2.80. The van der Waals surface area contributed by atoms with Gasteiger partial charge < -0.3 is 10.1 Å². The number of nitrogens with one attached hydrogen (secondary N) is 1. The lowest BCUT2D eigenvalue weighted by Gasteiger charge is -2.23. The van der Waals surface area contributed by atoms with Crippen LogP contribution in [0, 0.1) is 5.82 Å². The molecule has 3 aromatic carbocycles. The molecule has 0 saturated heterocycles. The van der Waals surface area contributed by atoms with Gasteiger partial charge in [-0.05, 0) is 72.4 Å². The average molecular weight is 523 g/mol. The number of hydrogen-bond acceptors (Lipinski definition) is 4. The minimum Gasteiger partial charge on any atom is -0.406 e. The Morgan fingerprint density at radius 1 is 1.00 bits per heavy atom. The molecule has 6 nitrogen and oxygen atoms in total. The lowest BCUT2D eigenvalue weighted by molar-refractivity contribution is -0.274. The number of hydrogen-bond donors (Lipinski definition) is 1. The van der Waals surface area contributed by atoms with Crippen molar-refractivity contribution in [1.82, 2.24) is 9.62 Å². The van der Waals surface area contributed by atoms with E-state index in [1.165, 1.54) is 24.3 Å². The van der Waals surface area contributed by atoms with Gasteiger partial charge in [0.25, 0.3) is 10.0 Å². The number of halogens is 4. The summed E-state index contributed by atoms with van der Waals surface area (Å²) in [6, 6.07) is 16.2. The average Bonchev–Trinajstić information content (AvgIpc) is 3.57. The van der Waals surface area contributed by atoms with E-state index in [0.29, 0.717) is 29.1 Å². The molecule has 0 radical (unpaired) electrons. The van der Waals surface area contributed by atoms with Gasteiger partial charge in [-0.1, -0.05) is 36.4 Å². The zero-order chi connectivity index (χ0) is 26.1. The molecule has 0 spiro atoms. The fourth-order valence-electron chi connectivity index (χ4n) is 3.78. The van der Waals surface area contributed by atoms with Gasteiger partial charge in [-0.15, -0.1) is 13.2 Å². The second-order valence-corrected chi connectivity index (χ2v) is 10.6. The predicted molar refractivity (Wildman–Crippen MR) is 124 cm³/mol. The Morgan fingerprint density at radius 2 is 1.64 bits per heavy atom. The first-order chi connectivity index (χ1) is 16.9. The van der Waals surface area contributed by atoms with Crippen molar-refractivity contribution in [2.45, 2.75) is 36.1 Å². The van der Waals surface area contributed by atoms with Crippen molar-refractivity contribution in [3.05, 3.63) is 84.2 Å². The Labute approximate surface area is 205 Å². The highest BCUT2D eigenvalue weighted by Crippen LogP contribution is 2.39. The highest BCUT2D eigenvalue weighted by molar-refractivity contribution is 7.89. The van der Waals surface area contributed by atoms with Crippen molar-refractivity contribution in [1.29, 1.82) is 0 Å². The highest BCUT2D eigenvalue weighted by Gasteiger charge is 2.45. The van der Waals surface area contributed by atoms with Gasteiger partial charge in [0.1, 0.15) is 11.6 Å². The second-order valence-electron chi connectivity index (χ2n) is 8.59. The summed E-state index contributed by atoms with van der Waals surface area (Å²) >= 11 is 0. The lowest BCUT2D eigenvalue weighted by atomic mass is 9.98. The fraction of sp³-hybridized carbons (Fsp3) is 0.240. The maximum Gasteiger partial charge on any atom is 0.573 e. The van der Waals surface area contributed by atoms with Crippen LogP contribution in [0.5, 0.6) is 5.75 Å². The Kier molecular flexibility index (Phi) is 6.70. The third-order valence-electron chi connectivity index (χ3n) is 5.87. The summed E-state index contributed by atoms with van der Waals surface area (Å²) < 4.78 is 80.3. The smallest absolute Gasteiger partial charge is 0.406 e. The first kappa shape index (κ1) is 25.5. The topological polar surface area (TPSA) is 75.7 Å². The van der Waals surface area contributed by atoms with E-state index in [4.69, 9.17) is 0 Å². The van der Waals surface area contributed by atoms with Gasteiger partial charge in [0.15, 0.2) is 0 Å². The lowest BCUT2D eigenvalue weighted by Crippen LogP contribution is -2.47. The summed E-state index contributed by atoms with van der Waals surface area (Å²) in [4.78, 5) is 12.6. The van der Waals surface area contributed by atoms with Gasteiger partial charge in [0.05, 0.1) is 4.90 Å². The Hall–Kier alpha value is -3.60. The predicted octanol–water partition coefficient (Wildman–Crippen LogP) is 5.50. The maximum absolute atomic E-state index is 13.2. The third kappa shape index (κ3) is 5.96. The molecule has 11 heteroatoms. The quantitative estimate of drug-likeness (QED) is 0.416. The molecule has 1 saturated carbocycles. The normalized spacial score (nSPS) is 14.7. The van der Waals surface area contributed by atoms with E-state index in [2.05, 4.69) is 10.1 Å². The number of ether oxygens (including phenoxy) is 1. The Morgan fingerprint density at radius 3 is 2.22 bits per heavy atom. The monoisotopic (exact) mass is 522 g/mol. The molecule has 1 aliphatic carbocycles. The zero-order valence-corrected chi connectivity index (χ0v) is 19.9. The SMILES string of the molecule is CN(C(=O)NC1(Cc2cccc(-c3ccc(OC(F)(F)F)cc3)c2)CC1)S(=O)(=O)c1ccc(F)cc1. The number of benzene rings is 3. The van der Waals surface area contributed by atoms with Crippen LogP contribution in [0.3, 0.4) is 0 Å². The number of nitrogens with zero attached hydrogens (tertiary/aromatic N) is 1. The van der Waals surface area contributed by atoms with E-state index < -0.39 is 33.8 Å². The van der Waals surface area contributed by atoms with Gasteiger partial charge in [0, 0.05) is 12.6 Å². The molecular formula is C25H22F4N2O4S. The third-order valence-corrected chi connectivity index (χ3v) is 7.63. The molecule has 2 amide bonds. The van der Waals surface area contributed by atoms with Crippen molar-refractivity contribution in [3.63, 3.8) is 0 Å². The summed E-state index contributed by atoms with van der Waals surface area (Å²) in [5.74, 6) is -0.910. The molecule has 0 aliphatic heterocycles. The van der Waals surface area contributed by atoms with Crippen molar-refractivity contribution in [2.24, 2.45) is 0 Å². The second kappa shape index (κ2) is 9.45. The minimum absolute atomic E-state index is 0.203. The van der Waals surface area contributed by atoms with Crippen LogP contribution in [0.1, 0.15) is 18.4 Å². The molecule has 0 bridgehead atoms. The van der Waals surface area contributed by atoms with Gasteiger partial charge in [-0.25, -0.2) is 21.9 Å². The van der Waals surface area contributed by atoms with Crippen molar-refractivity contribution in [2.75, 3.05) is 7.05 Å². The first-order valence-electron chi connectivity index (χ1n) is 10.9. The molecule has 190 valence electrons. The molecule has 1 N–H and O–H groups in total. The molecule has 1 fully saturated rings. The van der Waals surface area contributed by atoms with Crippen molar-refractivity contribution < 1.29 is 35.5 Å². The molecule has 0 aromatic heterocycles. The van der Waals surface area contributed by atoms with Crippen molar-refractivity contribution >= 4 is 16.1 Å². The van der Waals surface area contributed by atoms with E-state index in [1.807, 2.05) is 18.2 Å². The van der Waals surface area contributed by atoms with E-state index >= 15 is 0 Å². The number of amides is 2. The van der Waals surface area contributed by atoms with Crippen LogP contribution in [0.15, 0.2) is 77.7 Å². The molecule has 4 rings (SSSR count). The molecule has 0 unspecified atom stereocenters. The minimum atomic E-state index is -4.77. The molecular weight excluding hydrogens is 500 g/mol. The largest absolute Gasteiger partial charge is 0.573 e. The van der Waals surface area contributed by atoms with Crippen LogP contribution in [0.25, 0.3) is 11.1 Å². The standard InChI is InChI=1S/C25H22F4N2O4S/c1-31(36(33,34)22-11-7-20(26)8-12-22)23(32)30-24(13-14-24)16-17-3-2-4-19(15-17)18-5-9-21(10-6-18)35-25(27,28)29/h2-12,15H,13-14,16H2,1H3,(H,30,32). The summed E-state index contributed by atoms with van der Waals surface area (Å²) in [6.07, 6.45) is -3.03. The number of sulfonamides is 1. The van der Waals surface area contributed by atoms with Gasteiger partial charge >= 0.3 is 12.4 Å². The zero-order valence-electron chi connectivity index (χ0n) is 19.0. The van der Waals surface area contributed by atoms with Gasteiger partial charge in [-0.3, -0.25) is 0 Å². The van der Waals surface area contributed by atoms with E-state index in [-0.39, 0.29) is 10.6 Å². The van der Waals surface area contributed by atoms with Gasteiger partial charge in [0.2, 0.25) is 0 Å². The molecule has 3 aromatic rings. The number of urea groups is 1. The van der Waals surface area contributed by atoms with E-state index in [9.17, 15) is 30.8 Å². The van der Waals surface area contributed by atoms with Crippen LogP contribution >= 0.6 is 0 Å². The molecule has 0 atom stereocenters. The van der Waals surface area contributed by atoms with Gasteiger partial charge in [-0.2, -0.15) is 0 Å². The number of carbonyl (C=O) groups excluding carboxylic acids is 1. The summed E-state index contributed by atoms with van der Waals surface area (Å²) in [5.41, 5.74) is 1.70. The maximum atomic E-state index is 13.2. The molecule has 0 heterocycles. The van der Waals surface area contributed by atoms with E-state index in [1.54, 1.807) is 6.07 Å². The first-order valence-corrected chi connectivity index (χ1v) is 12.3. The number of alkyl halides is 3. The van der Waals surface area contributed by atoms with Crippen LogP contribution in [-0.2, 0) is 16.4 Å². The Bertz CT molecular complexity index is 1350. The fourth-order valence-corrected chi connectivity index (χ4v) is 4.84. The van der Waals surface area contributed by atoms with Crippen LogP contribution in [-0.4, -0.2) is 37.7 Å². The number of carbonyl (C=O) groups is 1. The van der Waals surface area contributed by atoms with Crippen LogP contribution in [0.2, 0.25) is 0 Å². The molecule has 1 aliphatic rings. The Balaban J connectivity index is 1.44. The number of rotatable bonds is 7.